The highest BCUT2D eigenvalue weighted by Crippen LogP contribution is 2.36. The molecule has 13 heavy (non-hydrogen) atoms. The zero-order valence-corrected chi connectivity index (χ0v) is 8.75. The third kappa shape index (κ3) is 0.969. The van der Waals surface area contributed by atoms with Crippen molar-refractivity contribution >= 4 is 17.4 Å². The molecule has 0 amide bonds. The van der Waals surface area contributed by atoms with Gasteiger partial charge >= 0.3 is 0 Å². The molecule has 1 aliphatic rings. The van der Waals surface area contributed by atoms with Crippen LogP contribution in [0, 0.1) is 20.8 Å². The first-order valence-electron chi connectivity index (χ1n) is 4.35. The summed E-state index contributed by atoms with van der Waals surface area (Å²) in [4.78, 5) is 11.3. The minimum atomic E-state index is 0.260. The Hall–Kier alpha value is -0.820. The van der Waals surface area contributed by atoms with Crippen LogP contribution in [0.2, 0.25) is 5.02 Å². The topological polar surface area (TPSA) is 17.1 Å². The molecule has 68 valence electrons. The fraction of sp³-hybridized carbons (Fsp3) is 0.364. The Bertz CT molecular complexity index is 396. The maximum atomic E-state index is 11.3. The molecule has 0 saturated heterocycles. The van der Waals surface area contributed by atoms with Crippen LogP contribution in [-0.4, -0.2) is 5.78 Å². The van der Waals surface area contributed by atoms with Crippen LogP contribution in [0.4, 0.5) is 0 Å². The summed E-state index contributed by atoms with van der Waals surface area (Å²) in [5.74, 6) is 0.260. The summed E-state index contributed by atoms with van der Waals surface area (Å²) in [5.41, 5.74) is 5.25. The molecule has 1 aromatic carbocycles. The molecule has 0 aromatic heterocycles. The standard InChI is InChI=1S/C11H11ClO/c1-5-6(2)11(12)7(3)8-4-9(13)10(5)8/h4H2,1-3H3. The number of rotatable bonds is 0. The Morgan fingerprint density at radius 3 is 2.23 bits per heavy atom. The molecule has 0 N–H and O–H groups in total. The van der Waals surface area contributed by atoms with E-state index < -0.39 is 0 Å². The lowest BCUT2D eigenvalue weighted by molar-refractivity contribution is 0.0966. The molecule has 0 atom stereocenters. The molecule has 0 radical (unpaired) electrons. The molecule has 1 aromatic rings. The molecule has 1 nitrogen and oxygen atoms in total. The van der Waals surface area contributed by atoms with Gasteiger partial charge in [0.2, 0.25) is 0 Å². The van der Waals surface area contributed by atoms with Crippen molar-refractivity contribution in [2.45, 2.75) is 27.2 Å². The van der Waals surface area contributed by atoms with Crippen LogP contribution in [0.5, 0.6) is 0 Å². The van der Waals surface area contributed by atoms with Crippen LogP contribution in [0.3, 0.4) is 0 Å². The Balaban J connectivity index is 2.82. The van der Waals surface area contributed by atoms with Gasteiger partial charge in [0.25, 0.3) is 0 Å². The number of hydrogen-bond acceptors (Lipinski definition) is 1. The molecule has 2 rings (SSSR count). The highest BCUT2D eigenvalue weighted by molar-refractivity contribution is 6.33. The summed E-state index contributed by atoms with van der Waals surface area (Å²) in [5, 5.41) is 0.823. The average Bonchev–Trinajstić information content (AvgIpc) is 2.08. The number of ketones is 1. The maximum absolute atomic E-state index is 11.3. The summed E-state index contributed by atoms with van der Waals surface area (Å²) in [6.45, 7) is 5.92. The van der Waals surface area contributed by atoms with Crippen molar-refractivity contribution in [2.24, 2.45) is 0 Å². The monoisotopic (exact) mass is 194 g/mol. The van der Waals surface area contributed by atoms with Crippen molar-refractivity contribution < 1.29 is 4.79 Å². The lowest BCUT2D eigenvalue weighted by atomic mass is 9.79. The SMILES string of the molecule is Cc1c(C)c2c(c(C)c1Cl)CC2=O. The van der Waals surface area contributed by atoms with E-state index in [1.807, 2.05) is 20.8 Å². The van der Waals surface area contributed by atoms with Crippen LogP contribution in [-0.2, 0) is 6.42 Å². The zero-order valence-electron chi connectivity index (χ0n) is 7.99. The summed E-state index contributed by atoms with van der Waals surface area (Å²) in [7, 11) is 0. The van der Waals surface area contributed by atoms with Crippen molar-refractivity contribution in [1.82, 2.24) is 0 Å². The second-order valence-electron chi connectivity index (χ2n) is 3.64. The summed E-state index contributed by atoms with van der Waals surface area (Å²) in [6.07, 6.45) is 0.571. The number of halogens is 1. The summed E-state index contributed by atoms with van der Waals surface area (Å²) in [6, 6.07) is 0. The van der Waals surface area contributed by atoms with Gasteiger partial charge in [-0.05, 0) is 43.0 Å². The third-order valence-electron chi connectivity index (χ3n) is 2.97. The van der Waals surface area contributed by atoms with Gasteiger partial charge in [0.05, 0.1) is 0 Å². The van der Waals surface area contributed by atoms with Crippen LogP contribution >= 0.6 is 11.6 Å². The normalized spacial score (nSPS) is 14.0. The maximum Gasteiger partial charge on any atom is 0.167 e. The number of fused-ring (bicyclic) bond motifs is 1. The Labute approximate surface area is 82.7 Å². The molecule has 1 aliphatic carbocycles. The Morgan fingerprint density at radius 2 is 1.69 bits per heavy atom. The van der Waals surface area contributed by atoms with Gasteiger partial charge in [-0.25, -0.2) is 0 Å². The van der Waals surface area contributed by atoms with E-state index in [0.717, 1.165) is 32.8 Å². The smallest absolute Gasteiger partial charge is 0.167 e. The number of benzene rings is 1. The summed E-state index contributed by atoms with van der Waals surface area (Å²) >= 11 is 6.13. The van der Waals surface area contributed by atoms with E-state index in [0.29, 0.717) is 6.42 Å². The van der Waals surface area contributed by atoms with Gasteiger partial charge in [0.15, 0.2) is 5.78 Å². The first-order chi connectivity index (χ1) is 6.04. The first kappa shape index (κ1) is 8.76. The van der Waals surface area contributed by atoms with Gasteiger partial charge in [-0.2, -0.15) is 0 Å². The quantitative estimate of drug-likeness (QED) is 0.621. The lowest BCUT2D eigenvalue weighted by Crippen LogP contribution is -2.23. The van der Waals surface area contributed by atoms with Crippen LogP contribution < -0.4 is 0 Å². The molecule has 0 saturated carbocycles. The molecular weight excluding hydrogens is 184 g/mol. The largest absolute Gasteiger partial charge is 0.294 e. The Morgan fingerprint density at radius 1 is 1.08 bits per heavy atom. The van der Waals surface area contributed by atoms with Gasteiger partial charge in [0, 0.05) is 17.0 Å². The first-order valence-corrected chi connectivity index (χ1v) is 4.73. The lowest BCUT2D eigenvalue weighted by Gasteiger charge is -2.25. The zero-order chi connectivity index (χ0) is 9.75. The molecule has 0 unspecified atom stereocenters. The minimum Gasteiger partial charge on any atom is -0.294 e. The molecule has 2 heteroatoms. The minimum absolute atomic E-state index is 0.260. The van der Waals surface area contributed by atoms with E-state index in [2.05, 4.69) is 0 Å². The van der Waals surface area contributed by atoms with Crippen LogP contribution in [0.1, 0.15) is 32.6 Å². The molecule has 0 heterocycles. The van der Waals surface area contributed by atoms with Gasteiger partial charge in [-0.1, -0.05) is 11.6 Å². The fourth-order valence-electron chi connectivity index (χ4n) is 1.92. The molecule has 0 spiro atoms. The fourth-order valence-corrected chi connectivity index (χ4v) is 2.18. The van der Waals surface area contributed by atoms with Gasteiger partial charge in [-0.3, -0.25) is 4.79 Å². The van der Waals surface area contributed by atoms with Crippen molar-refractivity contribution in [1.29, 1.82) is 0 Å². The third-order valence-corrected chi connectivity index (χ3v) is 3.53. The number of carbonyl (C=O) groups excluding carboxylic acids is 1. The molecule has 0 bridgehead atoms. The second-order valence-corrected chi connectivity index (χ2v) is 4.02. The van der Waals surface area contributed by atoms with Crippen molar-refractivity contribution in [3.8, 4) is 0 Å². The molecule has 0 fully saturated rings. The highest BCUT2D eigenvalue weighted by atomic mass is 35.5. The average molecular weight is 195 g/mol. The summed E-state index contributed by atoms with van der Waals surface area (Å²) < 4.78 is 0. The predicted molar refractivity (Wildman–Crippen MR) is 53.7 cm³/mol. The van der Waals surface area contributed by atoms with Crippen molar-refractivity contribution in [2.75, 3.05) is 0 Å². The van der Waals surface area contributed by atoms with Crippen molar-refractivity contribution in [3.05, 3.63) is 32.8 Å². The van der Waals surface area contributed by atoms with Gasteiger partial charge < -0.3 is 0 Å². The van der Waals surface area contributed by atoms with Crippen molar-refractivity contribution in [3.63, 3.8) is 0 Å². The van der Waals surface area contributed by atoms with E-state index in [1.54, 1.807) is 0 Å². The van der Waals surface area contributed by atoms with Crippen LogP contribution in [0.25, 0.3) is 0 Å². The number of carbonyl (C=O) groups is 1. The molecule has 0 aliphatic heterocycles. The van der Waals surface area contributed by atoms with E-state index in [4.69, 9.17) is 11.6 Å². The predicted octanol–water partition coefficient (Wildman–Crippen LogP) is 3.00. The van der Waals surface area contributed by atoms with E-state index in [9.17, 15) is 4.79 Å². The number of hydrogen-bond donors (Lipinski definition) is 0. The van der Waals surface area contributed by atoms with Gasteiger partial charge in [-0.15, -0.1) is 0 Å². The van der Waals surface area contributed by atoms with E-state index in [-0.39, 0.29) is 5.78 Å². The number of Topliss-reactive ketones (excluding diaryl/α,β-unsaturated/α-hetero) is 1. The van der Waals surface area contributed by atoms with Gasteiger partial charge in [0.1, 0.15) is 0 Å². The highest BCUT2D eigenvalue weighted by Gasteiger charge is 2.29. The Kier molecular flexibility index (Phi) is 1.74. The van der Waals surface area contributed by atoms with Crippen LogP contribution in [0.15, 0.2) is 0 Å². The van der Waals surface area contributed by atoms with E-state index >= 15 is 0 Å². The molecular formula is C11H11ClO. The van der Waals surface area contributed by atoms with E-state index in [1.165, 1.54) is 0 Å². The second kappa shape index (κ2) is 2.58.